The van der Waals surface area contributed by atoms with E-state index in [0.29, 0.717) is 6.07 Å². The van der Waals surface area contributed by atoms with Crippen molar-refractivity contribution in [1.29, 1.82) is 0 Å². The number of hydrogen-bond donors (Lipinski definition) is 1. The average Bonchev–Trinajstić information content (AvgIpc) is 2.17. The van der Waals surface area contributed by atoms with Crippen LogP contribution in [0.5, 0.6) is 0 Å². The van der Waals surface area contributed by atoms with Crippen LogP contribution in [-0.4, -0.2) is 21.6 Å². The molecule has 0 atom stereocenters. The molecule has 0 aliphatic carbocycles. The lowest BCUT2D eigenvalue weighted by Crippen LogP contribution is -2.34. The molecule has 0 aliphatic rings. The van der Waals surface area contributed by atoms with Crippen LogP contribution in [0.2, 0.25) is 0 Å². The monoisotopic (exact) mass is 329 g/mol. The standard InChI is InChI=1S/C10H13ClFNO4S2/c1-10(2,3)19(16,17)13-9-5-4-7(6-8(9)12)18(11,14)15/h4-6,13H,1-3H3. The van der Waals surface area contributed by atoms with Gasteiger partial charge in [-0.05, 0) is 39.0 Å². The number of benzene rings is 1. The predicted octanol–water partition coefficient (Wildman–Crippen LogP) is 2.29. The minimum absolute atomic E-state index is 0.334. The zero-order valence-corrected chi connectivity index (χ0v) is 12.8. The Morgan fingerprint density at radius 1 is 1.16 bits per heavy atom. The minimum Gasteiger partial charge on any atom is -0.280 e. The Morgan fingerprint density at radius 2 is 1.68 bits per heavy atom. The summed E-state index contributed by atoms with van der Waals surface area (Å²) >= 11 is 0. The van der Waals surface area contributed by atoms with Gasteiger partial charge in [0.25, 0.3) is 9.05 Å². The Bertz CT molecular complexity index is 693. The molecule has 0 bridgehead atoms. The van der Waals surface area contributed by atoms with Crippen molar-refractivity contribution in [3.8, 4) is 0 Å². The molecule has 0 amide bonds. The molecule has 9 heteroatoms. The van der Waals surface area contributed by atoms with E-state index in [1.165, 1.54) is 20.8 Å². The first kappa shape index (κ1) is 16.2. The second kappa shape index (κ2) is 4.92. The van der Waals surface area contributed by atoms with Crippen LogP contribution in [-0.2, 0) is 19.1 Å². The van der Waals surface area contributed by atoms with Crippen molar-refractivity contribution in [2.24, 2.45) is 0 Å². The summed E-state index contributed by atoms with van der Waals surface area (Å²) in [4.78, 5) is -0.439. The highest BCUT2D eigenvalue weighted by Crippen LogP contribution is 2.25. The van der Waals surface area contributed by atoms with Gasteiger partial charge in [0.05, 0.1) is 15.3 Å². The third-order valence-corrected chi connectivity index (χ3v) is 5.73. The molecular formula is C10H13ClFNO4S2. The molecule has 0 radical (unpaired) electrons. The van der Waals surface area contributed by atoms with Gasteiger partial charge in [0.15, 0.2) is 0 Å². The predicted molar refractivity (Wildman–Crippen MR) is 71.7 cm³/mol. The van der Waals surface area contributed by atoms with Gasteiger partial charge in [0, 0.05) is 10.7 Å². The highest BCUT2D eigenvalue weighted by atomic mass is 35.7. The SMILES string of the molecule is CC(C)(C)S(=O)(=O)Nc1ccc(S(=O)(=O)Cl)cc1F. The Kier molecular flexibility index (Phi) is 4.19. The molecule has 1 aromatic carbocycles. The Balaban J connectivity index is 3.20. The van der Waals surface area contributed by atoms with E-state index in [1.807, 2.05) is 0 Å². The first-order chi connectivity index (χ1) is 8.34. The largest absolute Gasteiger partial charge is 0.280 e. The van der Waals surface area contributed by atoms with E-state index in [4.69, 9.17) is 10.7 Å². The molecule has 0 aliphatic heterocycles. The van der Waals surface area contributed by atoms with Crippen LogP contribution in [0.1, 0.15) is 20.8 Å². The van der Waals surface area contributed by atoms with Crippen LogP contribution in [0.4, 0.5) is 10.1 Å². The fourth-order valence-corrected chi connectivity index (χ4v) is 2.55. The van der Waals surface area contributed by atoms with Gasteiger partial charge in [-0.2, -0.15) is 0 Å². The van der Waals surface area contributed by atoms with Gasteiger partial charge in [-0.25, -0.2) is 21.2 Å². The number of halogens is 2. The van der Waals surface area contributed by atoms with Crippen molar-refractivity contribution in [2.45, 2.75) is 30.4 Å². The van der Waals surface area contributed by atoms with Crippen molar-refractivity contribution in [3.05, 3.63) is 24.0 Å². The fraction of sp³-hybridized carbons (Fsp3) is 0.400. The van der Waals surface area contributed by atoms with Gasteiger partial charge in [-0.15, -0.1) is 0 Å². The van der Waals surface area contributed by atoms with Crippen LogP contribution in [0.15, 0.2) is 23.1 Å². The molecule has 0 fully saturated rings. The van der Waals surface area contributed by atoms with E-state index < -0.39 is 34.5 Å². The Labute approximate surface area is 116 Å². The van der Waals surface area contributed by atoms with Gasteiger partial charge in [0.1, 0.15) is 5.82 Å². The van der Waals surface area contributed by atoms with Crippen molar-refractivity contribution in [3.63, 3.8) is 0 Å². The van der Waals surface area contributed by atoms with Gasteiger partial charge in [0.2, 0.25) is 10.0 Å². The molecule has 0 saturated carbocycles. The number of rotatable bonds is 3. The minimum atomic E-state index is -4.06. The lowest BCUT2D eigenvalue weighted by atomic mass is 10.3. The van der Waals surface area contributed by atoms with Crippen LogP contribution >= 0.6 is 10.7 Å². The summed E-state index contributed by atoms with van der Waals surface area (Å²) < 4.78 is 60.3. The van der Waals surface area contributed by atoms with E-state index in [2.05, 4.69) is 4.72 Å². The van der Waals surface area contributed by atoms with Crippen molar-refractivity contribution in [2.75, 3.05) is 4.72 Å². The molecule has 0 heterocycles. The first-order valence-corrected chi connectivity index (χ1v) is 8.90. The van der Waals surface area contributed by atoms with E-state index in [-0.39, 0.29) is 5.69 Å². The van der Waals surface area contributed by atoms with E-state index >= 15 is 0 Å². The van der Waals surface area contributed by atoms with Crippen LogP contribution in [0.25, 0.3) is 0 Å². The van der Waals surface area contributed by atoms with Crippen LogP contribution < -0.4 is 4.72 Å². The fourth-order valence-electron chi connectivity index (χ4n) is 1.03. The molecule has 0 aromatic heterocycles. The second-order valence-electron chi connectivity index (χ2n) is 4.80. The van der Waals surface area contributed by atoms with Gasteiger partial charge in [-0.3, -0.25) is 4.72 Å². The lowest BCUT2D eigenvalue weighted by Gasteiger charge is -2.20. The summed E-state index contributed by atoms with van der Waals surface area (Å²) in [6.07, 6.45) is 0. The second-order valence-corrected chi connectivity index (χ2v) is 9.80. The molecule has 0 unspecified atom stereocenters. The van der Waals surface area contributed by atoms with E-state index in [0.717, 1.165) is 12.1 Å². The molecule has 19 heavy (non-hydrogen) atoms. The summed E-state index contributed by atoms with van der Waals surface area (Å²) in [5.41, 5.74) is -0.334. The van der Waals surface area contributed by atoms with Crippen molar-refractivity contribution >= 4 is 35.4 Å². The van der Waals surface area contributed by atoms with E-state index in [9.17, 15) is 21.2 Å². The summed E-state index contributed by atoms with van der Waals surface area (Å²) in [6.45, 7) is 4.35. The molecule has 1 aromatic rings. The zero-order valence-electron chi connectivity index (χ0n) is 10.4. The maximum absolute atomic E-state index is 13.6. The molecule has 1 N–H and O–H groups in total. The Hall–Kier alpha value is -0.860. The third kappa shape index (κ3) is 3.80. The van der Waals surface area contributed by atoms with Crippen molar-refractivity contribution in [1.82, 2.24) is 0 Å². The molecule has 1 rings (SSSR count). The molecular weight excluding hydrogens is 317 g/mol. The molecule has 5 nitrogen and oxygen atoms in total. The van der Waals surface area contributed by atoms with Crippen LogP contribution in [0.3, 0.4) is 0 Å². The highest BCUT2D eigenvalue weighted by molar-refractivity contribution is 8.13. The number of hydrogen-bond acceptors (Lipinski definition) is 4. The quantitative estimate of drug-likeness (QED) is 0.863. The van der Waals surface area contributed by atoms with Crippen molar-refractivity contribution < 1.29 is 21.2 Å². The smallest absolute Gasteiger partial charge is 0.261 e. The lowest BCUT2D eigenvalue weighted by molar-refractivity contribution is 0.564. The number of nitrogens with one attached hydrogen (secondary N) is 1. The first-order valence-electron chi connectivity index (χ1n) is 5.11. The molecule has 108 valence electrons. The Morgan fingerprint density at radius 3 is 2.05 bits per heavy atom. The summed E-state index contributed by atoms with van der Waals surface area (Å²) in [6, 6.07) is 2.68. The third-order valence-electron chi connectivity index (χ3n) is 2.27. The van der Waals surface area contributed by atoms with Crippen LogP contribution in [0, 0.1) is 5.82 Å². The summed E-state index contributed by atoms with van der Waals surface area (Å²) in [5.74, 6) is -1.02. The average molecular weight is 330 g/mol. The normalized spacial score (nSPS) is 13.3. The molecule has 0 spiro atoms. The van der Waals surface area contributed by atoms with Gasteiger partial charge in [-0.1, -0.05) is 0 Å². The maximum atomic E-state index is 13.6. The molecule has 0 saturated heterocycles. The number of anilines is 1. The van der Waals surface area contributed by atoms with Gasteiger partial charge >= 0.3 is 0 Å². The maximum Gasteiger partial charge on any atom is 0.261 e. The zero-order chi connectivity index (χ0) is 15.1. The van der Waals surface area contributed by atoms with Gasteiger partial charge < -0.3 is 0 Å². The topological polar surface area (TPSA) is 80.3 Å². The number of sulfonamides is 1. The van der Waals surface area contributed by atoms with E-state index in [1.54, 1.807) is 0 Å². The summed E-state index contributed by atoms with van der Waals surface area (Å²) in [7, 11) is -2.80. The highest BCUT2D eigenvalue weighted by Gasteiger charge is 2.29. The summed E-state index contributed by atoms with van der Waals surface area (Å²) in [5, 5.41) is 0.